The molecule has 0 unspecified atom stereocenters. The molecule has 1 saturated carbocycles. The Labute approximate surface area is 126 Å². The Morgan fingerprint density at radius 2 is 1.16 bits per heavy atom. The lowest BCUT2D eigenvalue weighted by Gasteiger charge is -2.21. The average molecular weight is 273 g/mol. The van der Waals surface area contributed by atoms with Crippen molar-refractivity contribution in [3.05, 3.63) is 12.2 Å². The number of rotatable bonds is 2. The zero-order valence-corrected chi connectivity index (χ0v) is 15.7. The van der Waals surface area contributed by atoms with Crippen LogP contribution in [0.2, 0.25) is 0 Å². The molecule has 0 spiro atoms. The van der Waals surface area contributed by atoms with Gasteiger partial charge >= 0.3 is 0 Å². The molecule has 0 atom stereocenters. The van der Waals surface area contributed by atoms with E-state index in [-0.39, 0.29) is 0 Å². The summed E-state index contributed by atoms with van der Waals surface area (Å²) in [6.07, 6.45) is 9.81. The van der Waals surface area contributed by atoms with Gasteiger partial charge in [-0.25, -0.2) is 0 Å². The summed E-state index contributed by atoms with van der Waals surface area (Å²) in [6.45, 7) is 22.3. The van der Waals surface area contributed by atoms with Gasteiger partial charge in [-0.15, -0.1) is 6.58 Å². The Hall–Kier alpha value is -0.260. The van der Waals surface area contributed by atoms with Gasteiger partial charge in [0.2, 0.25) is 0 Å². The van der Waals surface area contributed by atoms with E-state index < -0.39 is 0 Å². The van der Waals surface area contributed by atoms with Crippen LogP contribution < -0.4 is 0 Å². The van der Waals surface area contributed by atoms with E-state index in [9.17, 15) is 0 Å². The van der Waals surface area contributed by atoms with Crippen LogP contribution in [0.15, 0.2) is 12.2 Å². The second kappa shape index (κ2) is 30.6. The van der Waals surface area contributed by atoms with Crippen LogP contribution in [0.4, 0.5) is 0 Å². The second-order valence-corrected chi connectivity index (χ2v) is 4.37. The Balaban J connectivity index is -0.000000106. The second-order valence-electron chi connectivity index (χ2n) is 4.37. The molecule has 0 aromatic heterocycles. The molecule has 0 aromatic rings. The van der Waals surface area contributed by atoms with Crippen molar-refractivity contribution in [2.75, 3.05) is 0 Å². The van der Waals surface area contributed by atoms with Crippen molar-refractivity contribution in [2.45, 2.75) is 107 Å². The van der Waals surface area contributed by atoms with E-state index in [0.717, 1.165) is 5.92 Å². The summed E-state index contributed by atoms with van der Waals surface area (Å²) in [7, 11) is 0. The Morgan fingerprint density at radius 3 is 1.42 bits per heavy atom. The zero-order chi connectivity index (χ0) is 16.1. The minimum absolute atomic E-state index is 0.978. The summed E-state index contributed by atoms with van der Waals surface area (Å²) in [5.74, 6) is 0.978. The Bertz CT molecular complexity index is 118. The summed E-state index contributed by atoms with van der Waals surface area (Å²) in [6, 6.07) is 0. The molecule has 0 nitrogen and oxygen atoms in total. The lowest BCUT2D eigenvalue weighted by atomic mass is 9.85. The van der Waals surface area contributed by atoms with Gasteiger partial charge in [-0.3, -0.25) is 0 Å². The first-order valence-corrected chi connectivity index (χ1v) is 8.85. The lowest BCUT2D eigenvalue weighted by molar-refractivity contribution is 0.356. The molecule has 0 aromatic carbocycles. The number of allylic oxidation sites excluding steroid dienone is 1. The minimum atomic E-state index is 0.978. The van der Waals surface area contributed by atoms with Gasteiger partial charge in [0.1, 0.15) is 0 Å². The summed E-state index contributed by atoms with van der Waals surface area (Å²) in [5.41, 5.74) is 1.37. The van der Waals surface area contributed by atoms with Crippen LogP contribution in [0.25, 0.3) is 0 Å². The lowest BCUT2D eigenvalue weighted by Crippen LogP contribution is -2.05. The van der Waals surface area contributed by atoms with Gasteiger partial charge in [0.15, 0.2) is 0 Å². The molecule has 0 heteroatoms. The molecule has 1 rings (SSSR count). The molecule has 1 aliphatic rings. The van der Waals surface area contributed by atoms with Gasteiger partial charge in [0.05, 0.1) is 0 Å². The maximum absolute atomic E-state index is 3.95. The maximum atomic E-state index is 3.95. The predicted molar refractivity (Wildman–Crippen MR) is 96.0 cm³/mol. The zero-order valence-electron chi connectivity index (χ0n) is 15.7. The van der Waals surface area contributed by atoms with Crippen molar-refractivity contribution in [2.24, 2.45) is 5.92 Å². The molecule has 120 valence electrons. The molecule has 0 saturated heterocycles. The molecule has 0 bridgehead atoms. The number of hydrogen-bond acceptors (Lipinski definition) is 0. The molecule has 0 heterocycles. The third-order valence-corrected chi connectivity index (χ3v) is 2.36. The van der Waals surface area contributed by atoms with Crippen molar-refractivity contribution in [1.29, 1.82) is 0 Å². The molecule has 0 aliphatic heterocycles. The van der Waals surface area contributed by atoms with E-state index in [1.54, 1.807) is 0 Å². The highest BCUT2D eigenvalue weighted by molar-refractivity contribution is 4.90. The van der Waals surface area contributed by atoms with Crippen LogP contribution in [0, 0.1) is 5.92 Å². The van der Waals surface area contributed by atoms with E-state index in [1.165, 1.54) is 50.5 Å². The molecule has 1 aliphatic carbocycles. The highest BCUT2D eigenvalue weighted by Gasteiger charge is 2.12. The molecule has 0 radical (unpaired) electrons. The van der Waals surface area contributed by atoms with E-state index in [4.69, 9.17) is 0 Å². The summed E-state index contributed by atoms with van der Waals surface area (Å²) in [5, 5.41) is 0. The van der Waals surface area contributed by atoms with Crippen molar-refractivity contribution in [3.63, 3.8) is 0 Å². The van der Waals surface area contributed by atoms with E-state index in [0.29, 0.717) is 0 Å². The van der Waals surface area contributed by atoms with Gasteiger partial charge in [-0.2, -0.15) is 0 Å². The molecular formula is C19H44. The molecular weight excluding hydrogens is 228 g/mol. The maximum Gasteiger partial charge on any atom is -0.0297 e. The van der Waals surface area contributed by atoms with Crippen LogP contribution in [-0.4, -0.2) is 0 Å². The summed E-state index contributed by atoms with van der Waals surface area (Å²) < 4.78 is 0. The van der Waals surface area contributed by atoms with Crippen molar-refractivity contribution >= 4 is 0 Å². The Kier molecular flexibility index (Phi) is 43.8. The SMILES string of the molecule is C=C(C)CC1CCCCC1.CC.CC.CC.CCC. The standard InChI is InChI=1S/C10H18.C3H8.3C2H6/c1-9(2)8-10-6-4-3-5-7-10;1-3-2;3*1-2/h10H,1,3-8H2,2H3;3H2,1-2H3;3*1-2H3. The molecule has 19 heavy (non-hydrogen) atoms. The molecule has 1 fully saturated rings. The van der Waals surface area contributed by atoms with Crippen molar-refractivity contribution in [3.8, 4) is 0 Å². The third-order valence-electron chi connectivity index (χ3n) is 2.36. The van der Waals surface area contributed by atoms with Crippen LogP contribution in [0.5, 0.6) is 0 Å². The third kappa shape index (κ3) is 31.9. The fraction of sp³-hybridized carbons (Fsp3) is 0.895. The van der Waals surface area contributed by atoms with E-state index in [1.807, 2.05) is 41.5 Å². The quantitative estimate of drug-likeness (QED) is 0.446. The van der Waals surface area contributed by atoms with Crippen LogP contribution >= 0.6 is 0 Å². The van der Waals surface area contributed by atoms with Gasteiger partial charge in [0.25, 0.3) is 0 Å². The van der Waals surface area contributed by atoms with Gasteiger partial charge in [-0.1, -0.05) is 99.5 Å². The smallest absolute Gasteiger partial charge is 0.0297 e. The normalized spacial score (nSPS) is 12.9. The first kappa shape index (κ1) is 27.1. The number of hydrogen-bond donors (Lipinski definition) is 0. The van der Waals surface area contributed by atoms with Gasteiger partial charge in [0, 0.05) is 0 Å². The topological polar surface area (TPSA) is 0 Å². The van der Waals surface area contributed by atoms with Crippen molar-refractivity contribution < 1.29 is 0 Å². The first-order chi connectivity index (χ1) is 9.20. The van der Waals surface area contributed by atoms with Gasteiger partial charge in [-0.05, 0) is 19.3 Å². The fourth-order valence-corrected chi connectivity index (χ4v) is 1.88. The van der Waals surface area contributed by atoms with Crippen LogP contribution in [0.3, 0.4) is 0 Å². The summed E-state index contributed by atoms with van der Waals surface area (Å²) >= 11 is 0. The average Bonchev–Trinajstić information content (AvgIpc) is 2.47. The van der Waals surface area contributed by atoms with E-state index in [2.05, 4.69) is 27.4 Å². The highest BCUT2D eigenvalue weighted by atomic mass is 14.2. The molecule has 0 amide bonds. The van der Waals surface area contributed by atoms with Crippen LogP contribution in [0.1, 0.15) is 107 Å². The summed E-state index contributed by atoms with van der Waals surface area (Å²) in [4.78, 5) is 0. The van der Waals surface area contributed by atoms with Gasteiger partial charge < -0.3 is 0 Å². The largest absolute Gasteiger partial charge is 0.100 e. The van der Waals surface area contributed by atoms with Crippen LogP contribution in [-0.2, 0) is 0 Å². The van der Waals surface area contributed by atoms with E-state index >= 15 is 0 Å². The first-order valence-electron chi connectivity index (χ1n) is 8.85. The fourth-order valence-electron chi connectivity index (χ4n) is 1.88. The highest BCUT2D eigenvalue weighted by Crippen LogP contribution is 2.27. The molecule has 0 N–H and O–H groups in total. The monoisotopic (exact) mass is 272 g/mol. The minimum Gasteiger partial charge on any atom is -0.100 e. The predicted octanol–water partition coefficient (Wildman–Crippen LogP) is 8.03. The Morgan fingerprint density at radius 1 is 0.842 bits per heavy atom. The van der Waals surface area contributed by atoms with Crippen molar-refractivity contribution in [1.82, 2.24) is 0 Å².